The standard InChI is InChI=1S/C36H47N3O5/c1-26-22-39(27(2)25-40)36(42)32-21-31(37-35(41)30-16-9-6-10-17-30)18-19-33(32)44-28(3)13-11-12-20-43-34(26)24-38(4)23-29-14-7-5-8-15-29/h5-10,14-19,21,26-28,34,40H,11-13,20,22-25H2,1-4H3,(H,37,41)/t26-,27-,28+,34-/m0/s1. The topological polar surface area (TPSA) is 91.3 Å². The number of amides is 2. The molecular formula is C36H47N3O5. The minimum atomic E-state index is -0.437. The zero-order valence-corrected chi connectivity index (χ0v) is 26.4. The van der Waals surface area contributed by atoms with Crippen molar-refractivity contribution in [2.45, 2.75) is 64.8 Å². The van der Waals surface area contributed by atoms with E-state index in [1.165, 1.54) is 5.56 Å². The van der Waals surface area contributed by atoms with E-state index in [1.54, 1.807) is 35.2 Å². The molecule has 2 amide bonds. The Morgan fingerprint density at radius 1 is 1.05 bits per heavy atom. The molecular weight excluding hydrogens is 554 g/mol. The van der Waals surface area contributed by atoms with Crippen molar-refractivity contribution >= 4 is 17.5 Å². The van der Waals surface area contributed by atoms with E-state index in [-0.39, 0.29) is 36.5 Å². The Labute approximate surface area is 262 Å². The number of ether oxygens (including phenoxy) is 2. The molecule has 0 fully saturated rings. The molecule has 1 heterocycles. The lowest BCUT2D eigenvalue weighted by Crippen LogP contribution is -2.47. The number of carbonyl (C=O) groups excluding carboxylic acids is 2. The number of hydrogen-bond donors (Lipinski definition) is 2. The smallest absolute Gasteiger partial charge is 0.258 e. The van der Waals surface area contributed by atoms with Crippen molar-refractivity contribution in [3.8, 4) is 5.75 Å². The van der Waals surface area contributed by atoms with Crippen LogP contribution >= 0.6 is 0 Å². The summed E-state index contributed by atoms with van der Waals surface area (Å²) < 4.78 is 12.8. The third kappa shape index (κ3) is 9.39. The maximum absolute atomic E-state index is 14.3. The summed E-state index contributed by atoms with van der Waals surface area (Å²) >= 11 is 0. The fraction of sp³-hybridized carbons (Fsp3) is 0.444. The molecule has 4 atom stereocenters. The van der Waals surface area contributed by atoms with Crippen molar-refractivity contribution in [3.05, 3.63) is 95.6 Å². The lowest BCUT2D eigenvalue weighted by molar-refractivity contribution is -0.0177. The first-order chi connectivity index (χ1) is 21.2. The molecule has 4 rings (SSSR count). The highest BCUT2D eigenvalue weighted by Crippen LogP contribution is 2.29. The number of carbonyl (C=O) groups is 2. The van der Waals surface area contributed by atoms with Gasteiger partial charge in [0.1, 0.15) is 5.75 Å². The van der Waals surface area contributed by atoms with E-state index in [4.69, 9.17) is 9.47 Å². The van der Waals surface area contributed by atoms with Crippen molar-refractivity contribution in [1.82, 2.24) is 9.80 Å². The second-order valence-electron chi connectivity index (χ2n) is 12.0. The second-order valence-corrected chi connectivity index (χ2v) is 12.0. The van der Waals surface area contributed by atoms with Gasteiger partial charge in [0.2, 0.25) is 0 Å². The van der Waals surface area contributed by atoms with Gasteiger partial charge in [-0.2, -0.15) is 0 Å². The van der Waals surface area contributed by atoms with Crippen molar-refractivity contribution in [2.75, 3.05) is 38.7 Å². The minimum absolute atomic E-state index is 0.0154. The summed E-state index contributed by atoms with van der Waals surface area (Å²) in [6.45, 7) is 8.28. The van der Waals surface area contributed by atoms with Gasteiger partial charge in [-0.05, 0) is 76.1 Å². The highest BCUT2D eigenvalue weighted by Gasteiger charge is 2.30. The number of hydrogen-bond acceptors (Lipinski definition) is 6. The summed E-state index contributed by atoms with van der Waals surface area (Å²) in [6.07, 6.45) is 2.42. The Morgan fingerprint density at radius 3 is 2.45 bits per heavy atom. The van der Waals surface area contributed by atoms with Crippen LogP contribution in [0.3, 0.4) is 0 Å². The maximum atomic E-state index is 14.3. The van der Waals surface area contributed by atoms with Crippen molar-refractivity contribution in [1.29, 1.82) is 0 Å². The van der Waals surface area contributed by atoms with Gasteiger partial charge < -0.3 is 24.8 Å². The largest absolute Gasteiger partial charge is 0.490 e. The molecule has 8 heteroatoms. The van der Waals surface area contributed by atoms with Crippen LogP contribution in [-0.4, -0.2) is 78.3 Å². The van der Waals surface area contributed by atoms with Gasteiger partial charge in [0.05, 0.1) is 30.4 Å². The van der Waals surface area contributed by atoms with Crippen LogP contribution in [0, 0.1) is 5.92 Å². The average Bonchev–Trinajstić information content (AvgIpc) is 3.03. The molecule has 44 heavy (non-hydrogen) atoms. The number of aliphatic hydroxyl groups is 1. The molecule has 1 aliphatic rings. The zero-order valence-electron chi connectivity index (χ0n) is 26.4. The van der Waals surface area contributed by atoms with E-state index in [9.17, 15) is 14.7 Å². The van der Waals surface area contributed by atoms with Crippen molar-refractivity contribution in [2.24, 2.45) is 5.92 Å². The molecule has 3 aromatic carbocycles. The summed E-state index contributed by atoms with van der Waals surface area (Å²) in [5.41, 5.74) is 2.61. The lowest BCUT2D eigenvalue weighted by Gasteiger charge is -2.36. The van der Waals surface area contributed by atoms with Crippen LogP contribution in [0.5, 0.6) is 5.75 Å². The van der Waals surface area contributed by atoms with Crippen LogP contribution in [0.2, 0.25) is 0 Å². The summed E-state index contributed by atoms with van der Waals surface area (Å²) in [4.78, 5) is 31.2. The Bertz CT molecular complexity index is 1340. The third-order valence-corrected chi connectivity index (χ3v) is 8.13. The summed E-state index contributed by atoms with van der Waals surface area (Å²) in [5.74, 6) is -0.0688. The van der Waals surface area contributed by atoms with Crippen LogP contribution in [0.4, 0.5) is 5.69 Å². The van der Waals surface area contributed by atoms with E-state index in [1.807, 2.05) is 50.2 Å². The molecule has 8 nitrogen and oxygen atoms in total. The van der Waals surface area contributed by atoms with Gasteiger partial charge >= 0.3 is 0 Å². The summed E-state index contributed by atoms with van der Waals surface area (Å²) in [7, 11) is 2.09. The lowest BCUT2D eigenvalue weighted by atomic mass is 10.0. The minimum Gasteiger partial charge on any atom is -0.490 e. The van der Waals surface area contributed by atoms with Crippen LogP contribution < -0.4 is 10.1 Å². The van der Waals surface area contributed by atoms with E-state index >= 15 is 0 Å². The molecule has 1 aliphatic heterocycles. The predicted octanol–water partition coefficient (Wildman–Crippen LogP) is 5.87. The fourth-order valence-electron chi connectivity index (χ4n) is 5.52. The number of aliphatic hydroxyl groups excluding tert-OH is 1. The van der Waals surface area contributed by atoms with Gasteiger partial charge in [-0.15, -0.1) is 0 Å². The Hall–Kier alpha value is -3.72. The number of fused-ring (bicyclic) bond motifs is 1. The Kier molecular flexibility index (Phi) is 12.4. The maximum Gasteiger partial charge on any atom is 0.258 e. The quantitative estimate of drug-likeness (QED) is 0.336. The first-order valence-corrected chi connectivity index (χ1v) is 15.7. The van der Waals surface area contributed by atoms with Gasteiger partial charge in [0.15, 0.2) is 0 Å². The number of rotatable bonds is 8. The van der Waals surface area contributed by atoms with Crippen molar-refractivity contribution < 1.29 is 24.2 Å². The number of benzene rings is 3. The van der Waals surface area contributed by atoms with Gasteiger partial charge in [0.25, 0.3) is 11.8 Å². The number of likely N-dealkylation sites (N-methyl/N-ethyl adjacent to an activating group) is 1. The molecule has 0 bridgehead atoms. The highest BCUT2D eigenvalue weighted by molar-refractivity contribution is 6.05. The molecule has 0 saturated carbocycles. The number of nitrogens with one attached hydrogen (secondary N) is 1. The molecule has 0 radical (unpaired) electrons. The molecule has 3 aromatic rings. The first-order valence-electron chi connectivity index (χ1n) is 15.7. The third-order valence-electron chi connectivity index (χ3n) is 8.13. The van der Waals surface area contributed by atoms with E-state index < -0.39 is 6.04 Å². The monoisotopic (exact) mass is 601 g/mol. The van der Waals surface area contributed by atoms with Gasteiger partial charge in [-0.1, -0.05) is 55.5 Å². The number of anilines is 1. The predicted molar refractivity (Wildman–Crippen MR) is 174 cm³/mol. The van der Waals surface area contributed by atoms with Crippen LogP contribution in [0.1, 0.15) is 66.3 Å². The summed E-state index contributed by atoms with van der Waals surface area (Å²) in [5, 5.41) is 13.1. The van der Waals surface area contributed by atoms with Crippen LogP contribution in [-0.2, 0) is 11.3 Å². The molecule has 0 spiro atoms. The zero-order chi connectivity index (χ0) is 31.5. The molecule has 2 N–H and O–H groups in total. The molecule has 0 aromatic heterocycles. The van der Waals surface area contributed by atoms with Gasteiger partial charge in [-0.3, -0.25) is 14.5 Å². The van der Waals surface area contributed by atoms with Gasteiger partial charge in [-0.25, -0.2) is 0 Å². The Morgan fingerprint density at radius 2 is 1.75 bits per heavy atom. The first kappa shape index (κ1) is 33.2. The van der Waals surface area contributed by atoms with Crippen molar-refractivity contribution in [3.63, 3.8) is 0 Å². The van der Waals surface area contributed by atoms with Gasteiger partial charge in [0, 0.05) is 43.4 Å². The van der Waals surface area contributed by atoms with Crippen LogP contribution in [0.25, 0.3) is 0 Å². The normalized spacial score (nSPS) is 20.7. The SMILES string of the molecule is C[C@@H]1CCCCO[C@@H](CN(C)Cc2ccccc2)[C@@H](C)CN([C@@H](C)CO)C(=O)c2cc(NC(=O)c3ccccc3)ccc2O1. The average molecular weight is 602 g/mol. The fourth-order valence-corrected chi connectivity index (χ4v) is 5.52. The summed E-state index contributed by atoms with van der Waals surface area (Å²) in [6, 6.07) is 24.1. The van der Waals surface area contributed by atoms with E-state index in [2.05, 4.69) is 36.3 Å². The van der Waals surface area contributed by atoms with E-state index in [0.29, 0.717) is 42.3 Å². The molecule has 0 aliphatic carbocycles. The molecule has 0 unspecified atom stereocenters. The van der Waals surface area contributed by atoms with E-state index in [0.717, 1.165) is 25.8 Å². The number of nitrogens with zero attached hydrogens (tertiary/aromatic N) is 2. The second kappa shape index (κ2) is 16.4. The Balaban J connectivity index is 1.61. The molecule has 236 valence electrons. The van der Waals surface area contributed by atoms with Crippen LogP contribution in [0.15, 0.2) is 78.9 Å². The molecule has 0 saturated heterocycles. The highest BCUT2D eigenvalue weighted by atomic mass is 16.5.